The number of hydrogen-bond acceptors (Lipinski definition) is 3. The minimum Gasteiger partial charge on any atom is -0.345 e. The minimum atomic E-state index is 0.818. The Morgan fingerprint density at radius 3 is 2.90 bits per heavy atom. The number of para-hydroxylation sites is 1. The number of rotatable bonds is 5. The molecule has 0 atom stereocenters. The van der Waals surface area contributed by atoms with E-state index in [-0.39, 0.29) is 0 Å². The molecule has 0 radical (unpaired) electrons. The molecule has 0 aliphatic heterocycles. The summed E-state index contributed by atoms with van der Waals surface area (Å²) in [5.74, 6) is 0.958. The van der Waals surface area contributed by atoms with Crippen LogP contribution in [0, 0.1) is 6.92 Å². The molecule has 4 heteroatoms. The van der Waals surface area contributed by atoms with E-state index in [1.807, 2.05) is 25.4 Å². The van der Waals surface area contributed by atoms with E-state index >= 15 is 0 Å². The SMILES string of the molecule is Cc1ncc(CNCCc2cccc3cccnc23)[nH]1. The maximum atomic E-state index is 4.48. The number of benzene rings is 1. The smallest absolute Gasteiger partial charge is 0.103 e. The number of pyridine rings is 1. The Labute approximate surface area is 118 Å². The van der Waals surface area contributed by atoms with Crippen molar-refractivity contribution in [3.05, 3.63) is 59.8 Å². The van der Waals surface area contributed by atoms with E-state index in [0.29, 0.717) is 0 Å². The molecule has 0 aliphatic rings. The summed E-state index contributed by atoms with van der Waals surface area (Å²) < 4.78 is 0. The molecule has 2 N–H and O–H groups in total. The van der Waals surface area contributed by atoms with Gasteiger partial charge in [0.1, 0.15) is 5.82 Å². The highest BCUT2D eigenvalue weighted by Gasteiger charge is 2.01. The standard InChI is InChI=1S/C16H18N4/c1-12-19-11-15(20-12)10-17-9-7-14-5-2-4-13-6-3-8-18-16(13)14/h2-6,8,11,17H,7,9-10H2,1H3,(H,19,20). The van der Waals surface area contributed by atoms with Crippen LogP contribution < -0.4 is 5.32 Å². The zero-order valence-electron chi connectivity index (χ0n) is 11.6. The number of hydrogen-bond donors (Lipinski definition) is 2. The molecule has 1 aromatic carbocycles. The maximum absolute atomic E-state index is 4.48. The third-order valence-corrected chi connectivity index (χ3v) is 3.36. The average Bonchev–Trinajstić information content (AvgIpc) is 2.89. The Kier molecular flexibility index (Phi) is 3.74. The van der Waals surface area contributed by atoms with Crippen molar-refractivity contribution >= 4 is 10.9 Å². The van der Waals surface area contributed by atoms with E-state index in [9.17, 15) is 0 Å². The second-order valence-electron chi connectivity index (χ2n) is 4.91. The van der Waals surface area contributed by atoms with Crippen LogP contribution in [0.1, 0.15) is 17.1 Å². The quantitative estimate of drug-likeness (QED) is 0.698. The molecule has 3 aromatic rings. The van der Waals surface area contributed by atoms with Crippen LogP contribution in [0.3, 0.4) is 0 Å². The number of aryl methyl sites for hydroxylation is 1. The van der Waals surface area contributed by atoms with Gasteiger partial charge in [-0.2, -0.15) is 0 Å². The number of imidazole rings is 1. The highest BCUT2D eigenvalue weighted by atomic mass is 15.0. The van der Waals surface area contributed by atoms with Crippen LogP contribution in [-0.2, 0) is 13.0 Å². The molecule has 20 heavy (non-hydrogen) atoms. The zero-order valence-corrected chi connectivity index (χ0v) is 11.6. The number of nitrogens with zero attached hydrogens (tertiary/aromatic N) is 2. The molecule has 0 spiro atoms. The third kappa shape index (κ3) is 2.86. The second-order valence-corrected chi connectivity index (χ2v) is 4.91. The van der Waals surface area contributed by atoms with Crippen molar-refractivity contribution in [2.24, 2.45) is 0 Å². The largest absolute Gasteiger partial charge is 0.345 e. The molecule has 0 saturated carbocycles. The van der Waals surface area contributed by atoms with Crippen LogP contribution >= 0.6 is 0 Å². The monoisotopic (exact) mass is 266 g/mol. The zero-order chi connectivity index (χ0) is 13.8. The normalized spacial score (nSPS) is 11.1. The highest BCUT2D eigenvalue weighted by molar-refractivity contribution is 5.81. The van der Waals surface area contributed by atoms with Crippen molar-refractivity contribution in [2.75, 3.05) is 6.54 Å². The lowest BCUT2D eigenvalue weighted by atomic mass is 10.1. The predicted molar refractivity (Wildman–Crippen MR) is 80.5 cm³/mol. The fourth-order valence-corrected chi connectivity index (χ4v) is 2.38. The molecule has 0 fully saturated rings. The Morgan fingerprint density at radius 2 is 2.05 bits per heavy atom. The van der Waals surface area contributed by atoms with Crippen molar-refractivity contribution in [3.8, 4) is 0 Å². The van der Waals surface area contributed by atoms with Gasteiger partial charge in [-0.25, -0.2) is 4.98 Å². The van der Waals surface area contributed by atoms with Crippen molar-refractivity contribution in [2.45, 2.75) is 19.9 Å². The second kappa shape index (κ2) is 5.84. The summed E-state index contributed by atoms with van der Waals surface area (Å²) in [7, 11) is 0. The van der Waals surface area contributed by atoms with Gasteiger partial charge in [0.15, 0.2) is 0 Å². The summed E-state index contributed by atoms with van der Waals surface area (Å²) in [6, 6.07) is 10.4. The first-order valence-electron chi connectivity index (χ1n) is 6.87. The lowest BCUT2D eigenvalue weighted by molar-refractivity contribution is 0.677. The number of aromatic nitrogens is 3. The van der Waals surface area contributed by atoms with Crippen LogP contribution in [0.2, 0.25) is 0 Å². The first-order valence-corrected chi connectivity index (χ1v) is 6.87. The number of fused-ring (bicyclic) bond motifs is 1. The maximum Gasteiger partial charge on any atom is 0.103 e. The van der Waals surface area contributed by atoms with Gasteiger partial charge in [-0.1, -0.05) is 24.3 Å². The molecule has 0 bridgehead atoms. The van der Waals surface area contributed by atoms with Gasteiger partial charge in [-0.15, -0.1) is 0 Å². The van der Waals surface area contributed by atoms with E-state index in [1.54, 1.807) is 0 Å². The lowest BCUT2D eigenvalue weighted by Gasteiger charge is -2.06. The fraction of sp³-hybridized carbons (Fsp3) is 0.250. The Morgan fingerprint density at radius 1 is 1.15 bits per heavy atom. The van der Waals surface area contributed by atoms with E-state index in [1.165, 1.54) is 10.9 Å². The van der Waals surface area contributed by atoms with Gasteiger partial charge in [0.25, 0.3) is 0 Å². The topological polar surface area (TPSA) is 53.6 Å². The molecular formula is C16H18N4. The van der Waals surface area contributed by atoms with E-state index in [2.05, 4.69) is 44.5 Å². The van der Waals surface area contributed by atoms with Gasteiger partial charge in [0.05, 0.1) is 5.52 Å². The number of aromatic amines is 1. The first-order chi connectivity index (χ1) is 9.83. The number of nitrogens with one attached hydrogen (secondary N) is 2. The van der Waals surface area contributed by atoms with Crippen molar-refractivity contribution in [1.82, 2.24) is 20.3 Å². The summed E-state index contributed by atoms with van der Waals surface area (Å²) in [4.78, 5) is 11.9. The van der Waals surface area contributed by atoms with Gasteiger partial charge in [-0.05, 0) is 31.5 Å². The highest BCUT2D eigenvalue weighted by Crippen LogP contribution is 2.15. The molecule has 4 nitrogen and oxygen atoms in total. The Balaban J connectivity index is 1.60. The molecule has 2 aromatic heterocycles. The van der Waals surface area contributed by atoms with Crippen molar-refractivity contribution in [3.63, 3.8) is 0 Å². The van der Waals surface area contributed by atoms with E-state index in [0.717, 1.165) is 36.5 Å². The van der Waals surface area contributed by atoms with Gasteiger partial charge < -0.3 is 10.3 Å². The molecule has 102 valence electrons. The summed E-state index contributed by atoms with van der Waals surface area (Å²) in [5.41, 5.74) is 3.52. The molecule has 0 amide bonds. The summed E-state index contributed by atoms with van der Waals surface area (Å²) in [6.45, 7) is 3.71. The molecule has 2 heterocycles. The summed E-state index contributed by atoms with van der Waals surface area (Å²) >= 11 is 0. The molecule has 3 rings (SSSR count). The van der Waals surface area contributed by atoms with Crippen molar-refractivity contribution in [1.29, 1.82) is 0 Å². The van der Waals surface area contributed by atoms with Gasteiger partial charge in [0.2, 0.25) is 0 Å². The molecular weight excluding hydrogens is 248 g/mol. The van der Waals surface area contributed by atoms with E-state index < -0.39 is 0 Å². The molecule has 0 aliphatic carbocycles. The summed E-state index contributed by atoms with van der Waals surface area (Å²) in [6.07, 6.45) is 4.70. The Hall–Kier alpha value is -2.20. The van der Waals surface area contributed by atoms with Crippen LogP contribution in [0.15, 0.2) is 42.7 Å². The van der Waals surface area contributed by atoms with Gasteiger partial charge in [-0.3, -0.25) is 4.98 Å². The fourth-order valence-electron chi connectivity index (χ4n) is 2.38. The Bertz CT molecular complexity index is 697. The van der Waals surface area contributed by atoms with E-state index in [4.69, 9.17) is 0 Å². The minimum absolute atomic E-state index is 0.818. The third-order valence-electron chi connectivity index (χ3n) is 3.36. The average molecular weight is 266 g/mol. The first kappa shape index (κ1) is 12.8. The predicted octanol–water partition coefficient (Wildman–Crippen LogP) is 2.60. The molecule has 0 unspecified atom stereocenters. The lowest BCUT2D eigenvalue weighted by Crippen LogP contribution is -2.17. The van der Waals surface area contributed by atoms with Gasteiger partial charge in [0, 0.05) is 30.0 Å². The van der Waals surface area contributed by atoms with Crippen LogP contribution in [0.4, 0.5) is 0 Å². The van der Waals surface area contributed by atoms with Gasteiger partial charge >= 0.3 is 0 Å². The number of H-pyrrole nitrogens is 1. The van der Waals surface area contributed by atoms with Crippen LogP contribution in [0.5, 0.6) is 0 Å². The van der Waals surface area contributed by atoms with Crippen molar-refractivity contribution < 1.29 is 0 Å². The van der Waals surface area contributed by atoms with Crippen LogP contribution in [0.25, 0.3) is 10.9 Å². The van der Waals surface area contributed by atoms with Crippen LogP contribution in [-0.4, -0.2) is 21.5 Å². The molecule has 0 saturated heterocycles. The summed E-state index contributed by atoms with van der Waals surface area (Å²) in [5, 5.41) is 4.63.